The topological polar surface area (TPSA) is 6.48 Å². The quantitative estimate of drug-likeness (QED) is 0.163. The average molecular weight is 857 g/mol. The summed E-state index contributed by atoms with van der Waals surface area (Å²) in [5.74, 6) is 0. The molecule has 66 heavy (non-hydrogen) atoms. The van der Waals surface area contributed by atoms with Gasteiger partial charge in [0.1, 0.15) is 0 Å². The van der Waals surface area contributed by atoms with Crippen LogP contribution in [0.3, 0.4) is 0 Å². The number of nitrogens with zero attached hydrogens (tertiary/aromatic N) is 2. The van der Waals surface area contributed by atoms with Crippen molar-refractivity contribution in [1.29, 1.82) is 0 Å². The van der Waals surface area contributed by atoms with Crippen molar-refractivity contribution in [1.82, 2.24) is 0 Å². The van der Waals surface area contributed by atoms with Crippen molar-refractivity contribution in [2.45, 2.75) is 97.8 Å². The Morgan fingerprint density at radius 3 is 1.62 bits per heavy atom. The normalized spacial score (nSPS) is 14.6. The lowest BCUT2D eigenvalue weighted by Gasteiger charge is -2.48. The van der Waals surface area contributed by atoms with Crippen LogP contribution in [0.1, 0.15) is 104 Å². The van der Waals surface area contributed by atoms with Crippen molar-refractivity contribution >= 4 is 46.2 Å². The van der Waals surface area contributed by atoms with Crippen LogP contribution < -0.4 is 20.6 Å². The molecule has 3 heteroatoms. The maximum absolute atomic E-state index is 2.72. The van der Waals surface area contributed by atoms with Crippen LogP contribution in [-0.2, 0) is 21.7 Å². The molecule has 0 radical (unpaired) electrons. The Balaban J connectivity index is 1.31. The smallest absolute Gasteiger partial charge is 0.333 e. The van der Waals surface area contributed by atoms with Gasteiger partial charge >= 0.3 is 6.85 Å². The third-order valence-electron chi connectivity index (χ3n) is 14.9. The molecule has 0 spiro atoms. The zero-order chi connectivity index (χ0) is 46.1. The summed E-state index contributed by atoms with van der Waals surface area (Å²) >= 11 is 0. The molecule has 1 aliphatic carbocycles. The average Bonchev–Trinajstić information content (AvgIpc) is 3.54. The first kappa shape index (κ1) is 42.1. The first-order chi connectivity index (χ1) is 31.4. The molecule has 2 aliphatic heterocycles. The molecule has 0 amide bonds. The molecule has 11 rings (SSSR count). The Labute approximate surface area is 394 Å². The molecule has 0 bridgehead atoms. The van der Waals surface area contributed by atoms with Gasteiger partial charge in [0.05, 0.1) is 5.69 Å². The Morgan fingerprint density at radius 1 is 0.379 bits per heavy atom. The summed E-state index contributed by atoms with van der Waals surface area (Å²) in [4.78, 5) is 5.38. The van der Waals surface area contributed by atoms with E-state index in [1.165, 1.54) is 112 Å². The number of hydrogen-bond donors (Lipinski definition) is 0. The fourth-order valence-electron chi connectivity index (χ4n) is 11.3. The fraction of sp³-hybridized carbons (Fsp3) is 0.238. The molecule has 0 atom stereocenters. The van der Waals surface area contributed by atoms with Gasteiger partial charge in [-0.15, -0.1) is 0 Å². The van der Waals surface area contributed by atoms with Gasteiger partial charge in [-0.25, -0.2) is 0 Å². The highest BCUT2D eigenvalue weighted by atomic mass is 15.2. The molecule has 0 fully saturated rings. The van der Waals surface area contributed by atoms with E-state index in [1.54, 1.807) is 0 Å². The molecule has 0 unspecified atom stereocenters. The lowest BCUT2D eigenvalue weighted by Crippen LogP contribution is -2.63. The Kier molecular flexibility index (Phi) is 9.38. The van der Waals surface area contributed by atoms with Crippen LogP contribution in [0.4, 0.5) is 28.4 Å². The maximum Gasteiger partial charge on any atom is 0.333 e. The van der Waals surface area contributed by atoms with E-state index in [4.69, 9.17) is 0 Å². The first-order valence-electron chi connectivity index (χ1n) is 24.0. The molecule has 0 N–H and O–H groups in total. The van der Waals surface area contributed by atoms with Gasteiger partial charge in [0.2, 0.25) is 0 Å². The van der Waals surface area contributed by atoms with Crippen molar-refractivity contribution in [2.75, 3.05) is 9.71 Å². The van der Waals surface area contributed by atoms with Crippen molar-refractivity contribution in [2.24, 2.45) is 0 Å². The van der Waals surface area contributed by atoms with E-state index >= 15 is 0 Å². The van der Waals surface area contributed by atoms with Gasteiger partial charge < -0.3 is 9.71 Å². The third kappa shape index (κ3) is 6.52. The fourth-order valence-corrected chi connectivity index (χ4v) is 11.3. The van der Waals surface area contributed by atoms with Gasteiger partial charge in [-0.05, 0) is 131 Å². The van der Waals surface area contributed by atoms with Crippen LogP contribution >= 0.6 is 0 Å². The van der Waals surface area contributed by atoms with Gasteiger partial charge in [0, 0.05) is 39.3 Å². The minimum atomic E-state index is -0.266. The summed E-state index contributed by atoms with van der Waals surface area (Å²) in [7, 11) is 0. The minimum absolute atomic E-state index is 0.0233. The molecular formula is C63H61BN2. The van der Waals surface area contributed by atoms with Crippen LogP contribution in [0.2, 0.25) is 0 Å². The third-order valence-corrected chi connectivity index (χ3v) is 14.9. The highest BCUT2D eigenvalue weighted by molar-refractivity contribution is 6.94. The van der Waals surface area contributed by atoms with Crippen molar-refractivity contribution in [3.8, 4) is 44.5 Å². The van der Waals surface area contributed by atoms with E-state index in [1.807, 2.05) is 0 Å². The molecule has 8 aromatic rings. The zero-order valence-corrected chi connectivity index (χ0v) is 40.6. The highest BCUT2D eigenvalue weighted by Gasteiger charge is 2.51. The van der Waals surface area contributed by atoms with Gasteiger partial charge in [-0.1, -0.05) is 204 Å². The molecule has 0 saturated heterocycles. The van der Waals surface area contributed by atoms with Crippen molar-refractivity contribution < 1.29 is 0 Å². The second-order valence-corrected chi connectivity index (χ2v) is 22.6. The summed E-state index contributed by atoms with van der Waals surface area (Å²) in [5.41, 5.74) is 25.4. The number of fused-ring (bicyclic) bond motifs is 8. The first-order valence-corrected chi connectivity index (χ1v) is 24.0. The monoisotopic (exact) mass is 856 g/mol. The van der Waals surface area contributed by atoms with E-state index < -0.39 is 0 Å². The van der Waals surface area contributed by atoms with E-state index in [0.29, 0.717) is 0 Å². The summed E-state index contributed by atoms with van der Waals surface area (Å²) in [5, 5.41) is 0. The standard InChI is InChI=1S/C63H61BN2/c1-60(2,3)43-27-30-46(31-28-43)66-55-36-42(40-20-14-12-15-21-40)26-32-48(55)51-38-45(62(7,8)9)39-56-58(51)64(66)59-54(35-33-49-47-24-18-19-25-52(47)63(10,11)57(49)59)65(56)53-34-29-44(61(4,5)6)37-50(53)41-22-16-13-17-23-41/h12-39H,1-11H3. The van der Waals surface area contributed by atoms with E-state index in [-0.39, 0.29) is 28.5 Å². The van der Waals surface area contributed by atoms with Crippen LogP contribution in [0.15, 0.2) is 170 Å². The largest absolute Gasteiger partial charge is 0.376 e. The van der Waals surface area contributed by atoms with Crippen LogP contribution in [-0.4, -0.2) is 6.85 Å². The van der Waals surface area contributed by atoms with Crippen LogP contribution in [0.5, 0.6) is 0 Å². The number of anilines is 5. The number of rotatable bonds is 4. The molecular weight excluding hydrogens is 796 g/mol. The van der Waals surface area contributed by atoms with E-state index in [0.717, 1.165) is 0 Å². The SMILES string of the molecule is CC(C)(C)c1ccc(N2B3c4c(cc(C(C)(C)C)cc4N(c4ccc(C(C)(C)C)cc4-c4ccccc4)c4ccc5c(c43)C(C)(C)c3ccccc3-5)-c3ccc(-c4ccccc4)cc32)cc1. The number of benzene rings is 8. The molecule has 0 aromatic heterocycles. The van der Waals surface area contributed by atoms with Gasteiger partial charge in [0.15, 0.2) is 0 Å². The molecule has 3 aliphatic rings. The predicted molar refractivity (Wildman–Crippen MR) is 285 cm³/mol. The minimum Gasteiger partial charge on any atom is -0.376 e. The van der Waals surface area contributed by atoms with Crippen molar-refractivity contribution in [3.05, 3.63) is 198 Å². The van der Waals surface area contributed by atoms with Crippen molar-refractivity contribution in [3.63, 3.8) is 0 Å². The summed E-state index contributed by atoms with van der Waals surface area (Å²) in [6.45, 7) is 25.8. The van der Waals surface area contributed by atoms with Gasteiger partial charge in [-0.2, -0.15) is 0 Å². The molecule has 326 valence electrons. The Hall–Kier alpha value is -6.58. The second kappa shape index (κ2) is 14.7. The molecule has 2 heterocycles. The van der Waals surface area contributed by atoms with E-state index in [2.05, 4.69) is 256 Å². The summed E-state index contributed by atoms with van der Waals surface area (Å²) < 4.78 is 0. The molecule has 0 saturated carbocycles. The zero-order valence-electron chi connectivity index (χ0n) is 40.6. The second-order valence-electron chi connectivity index (χ2n) is 22.6. The predicted octanol–water partition coefficient (Wildman–Crippen LogP) is 15.9. The summed E-state index contributed by atoms with van der Waals surface area (Å²) in [6.07, 6.45) is 0. The van der Waals surface area contributed by atoms with Gasteiger partial charge in [0.25, 0.3) is 0 Å². The summed E-state index contributed by atoms with van der Waals surface area (Å²) in [6, 6.07) is 65.1. The number of hydrogen-bond acceptors (Lipinski definition) is 2. The maximum atomic E-state index is 2.72. The highest BCUT2D eigenvalue weighted by Crippen LogP contribution is 2.55. The lowest BCUT2D eigenvalue weighted by molar-refractivity contribution is 0.590. The molecule has 2 nitrogen and oxygen atoms in total. The van der Waals surface area contributed by atoms with Crippen LogP contribution in [0, 0.1) is 0 Å². The van der Waals surface area contributed by atoms with Gasteiger partial charge in [-0.3, -0.25) is 0 Å². The molecule has 8 aromatic carbocycles. The lowest BCUT2D eigenvalue weighted by atomic mass is 9.41. The van der Waals surface area contributed by atoms with Crippen LogP contribution in [0.25, 0.3) is 44.5 Å². The Morgan fingerprint density at radius 2 is 0.955 bits per heavy atom. The van der Waals surface area contributed by atoms with E-state index in [9.17, 15) is 0 Å². The Bertz CT molecular complexity index is 3210.